The lowest BCUT2D eigenvalue weighted by Gasteiger charge is -2.14. The zero-order valence-electron chi connectivity index (χ0n) is 24.6. The lowest BCUT2D eigenvalue weighted by molar-refractivity contribution is 0.892. The van der Waals surface area contributed by atoms with Crippen LogP contribution in [0.15, 0.2) is 140 Å². The van der Waals surface area contributed by atoms with Crippen molar-refractivity contribution in [3.8, 4) is 22.5 Å². The fraction of sp³-hybridized carbons (Fsp3) is 0.0476. The van der Waals surface area contributed by atoms with E-state index in [9.17, 15) is 0 Å². The van der Waals surface area contributed by atoms with E-state index in [2.05, 4.69) is 155 Å². The van der Waals surface area contributed by atoms with E-state index in [1.165, 1.54) is 86.6 Å². The Balaban J connectivity index is 1.31. The van der Waals surface area contributed by atoms with Crippen LogP contribution in [0, 0.1) is 0 Å². The zero-order chi connectivity index (χ0) is 29.5. The van der Waals surface area contributed by atoms with Gasteiger partial charge in [-0.05, 0) is 66.4 Å². The van der Waals surface area contributed by atoms with Crippen LogP contribution in [-0.2, 0) is 6.42 Å². The minimum absolute atomic E-state index is 1.03. The highest BCUT2D eigenvalue weighted by Gasteiger charge is 2.25. The van der Waals surface area contributed by atoms with Crippen LogP contribution in [0.3, 0.4) is 0 Å². The van der Waals surface area contributed by atoms with E-state index in [1.54, 1.807) is 0 Å². The number of para-hydroxylation sites is 1. The highest BCUT2D eigenvalue weighted by atomic mass is 32.1. The first-order chi connectivity index (χ1) is 22.3. The van der Waals surface area contributed by atoms with Crippen LogP contribution in [0.2, 0.25) is 0 Å². The second-order valence-electron chi connectivity index (χ2n) is 12.0. The second-order valence-corrected chi connectivity index (χ2v) is 13.1. The summed E-state index contributed by atoms with van der Waals surface area (Å²) in [7, 11) is 0. The molecule has 2 nitrogen and oxygen atoms in total. The number of allylic oxidation sites excluding steroid dienone is 1. The summed E-state index contributed by atoms with van der Waals surface area (Å²) in [5.41, 5.74) is 11.5. The average molecular weight is 593 g/mol. The Kier molecular flexibility index (Phi) is 5.31. The van der Waals surface area contributed by atoms with E-state index in [4.69, 9.17) is 0 Å². The van der Waals surface area contributed by atoms with Gasteiger partial charge >= 0.3 is 0 Å². The SMILES string of the molecule is C1=Cc2c(n(-c3cccc4c3sc3ccccc34)c3ccc4c(c5ccccc5n4-c4cccc(-c5ccccc5)c4)c23)CC1. The first kappa shape index (κ1) is 25.0. The predicted octanol–water partition coefficient (Wildman–Crippen LogP) is 11.7. The van der Waals surface area contributed by atoms with Crippen LogP contribution < -0.4 is 0 Å². The van der Waals surface area contributed by atoms with Crippen molar-refractivity contribution in [1.82, 2.24) is 9.13 Å². The zero-order valence-corrected chi connectivity index (χ0v) is 25.4. The maximum absolute atomic E-state index is 2.58. The molecule has 0 fully saturated rings. The Morgan fingerprint density at radius 2 is 1.27 bits per heavy atom. The van der Waals surface area contributed by atoms with Gasteiger partial charge in [0.25, 0.3) is 0 Å². The summed E-state index contributed by atoms with van der Waals surface area (Å²) in [4.78, 5) is 0. The van der Waals surface area contributed by atoms with Crippen LogP contribution in [0.1, 0.15) is 17.7 Å². The third kappa shape index (κ3) is 3.56. The molecule has 0 amide bonds. The Morgan fingerprint density at radius 1 is 0.533 bits per heavy atom. The fourth-order valence-electron chi connectivity index (χ4n) is 7.68. The van der Waals surface area contributed by atoms with E-state index >= 15 is 0 Å². The Labute approximate surface area is 264 Å². The molecule has 1 aliphatic carbocycles. The molecule has 6 aromatic carbocycles. The summed E-state index contributed by atoms with van der Waals surface area (Å²) in [5, 5.41) is 6.66. The second kappa shape index (κ2) is 9.56. The van der Waals surface area contributed by atoms with Gasteiger partial charge in [-0.1, -0.05) is 103 Å². The third-order valence-electron chi connectivity index (χ3n) is 9.58. The Bertz CT molecular complexity index is 2650. The molecule has 3 aromatic heterocycles. The summed E-state index contributed by atoms with van der Waals surface area (Å²) in [6.07, 6.45) is 6.82. The number of benzene rings is 6. The molecule has 0 saturated carbocycles. The first-order valence-corrected chi connectivity index (χ1v) is 16.5. The van der Waals surface area contributed by atoms with Gasteiger partial charge in [0, 0.05) is 48.6 Å². The minimum atomic E-state index is 1.03. The minimum Gasteiger partial charge on any atom is -0.311 e. The number of rotatable bonds is 3. The number of hydrogen-bond donors (Lipinski definition) is 0. The summed E-state index contributed by atoms with van der Waals surface area (Å²) in [6.45, 7) is 0. The Morgan fingerprint density at radius 3 is 2.18 bits per heavy atom. The molecule has 0 radical (unpaired) electrons. The van der Waals surface area contributed by atoms with Crippen molar-refractivity contribution in [1.29, 1.82) is 0 Å². The van der Waals surface area contributed by atoms with Crippen molar-refractivity contribution in [2.24, 2.45) is 0 Å². The van der Waals surface area contributed by atoms with E-state index in [0.29, 0.717) is 0 Å². The van der Waals surface area contributed by atoms with Crippen molar-refractivity contribution < 1.29 is 0 Å². The average Bonchev–Trinajstić information content (AvgIpc) is 3.76. The summed E-state index contributed by atoms with van der Waals surface area (Å²) >= 11 is 1.91. The number of hydrogen-bond acceptors (Lipinski definition) is 1. The molecular formula is C42H28N2S. The highest BCUT2D eigenvalue weighted by molar-refractivity contribution is 7.26. The first-order valence-electron chi connectivity index (χ1n) is 15.7. The van der Waals surface area contributed by atoms with Gasteiger partial charge in [-0.25, -0.2) is 0 Å². The van der Waals surface area contributed by atoms with Gasteiger partial charge in [0.2, 0.25) is 0 Å². The maximum atomic E-state index is 2.58. The molecule has 0 bridgehead atoms. The topological polar surface area (TPSA) is 9.86 Å². The maximum Gasteiger partial charge on any atom is 0.0637 e. The van der Waals surface area contributed by atoms with Gasteiger partial charge in [0.15, 0.2) is 0 Å². The molecule has 1 aliphatic rings. The van der Waals surface area contributed by atoms with Crippen molar-refractivity contribution >= 4 is 70.3 Å². The number of aromatic nitrogens is 2. The molecule has 0 atom stereocenters. The normalized spacial score (nSPS) is 13.1. The van der Waals surface area contributed by atoms with Crippen LogP contribution in [0.5, 0.6) is 0 Å². The van der Waals surface area contributed by atoms with Crippen LogP contribution in [-0.4, -0.2) is 9.13 Å². The van der Waals surface area contributed by atoms with E-state index in [-0.39, 0.29) is 0 Å². The van der Waals surface area contributed by atoms with Crippen LogP contribution in [0.4, 0.5) is 0 Å². The largest absolute Gasteiger partial charge is 0.311 e. The molecule has 45 heavy (non-hydrogen) atoms. The quantitative estimate of drug-likeness (QED) is 0.193. The van der Waals surface area contributed by atoms with Crippen molar-refractivity contribution in [3.63, 3.8) is 0 Å². The van der Waals surface area contributed by atoms with Crippen molar-refractivity contribution in [2.75, 3.05) is 0 Å². The Hall–Kier alpha value is -5.38. The van der Waals surface area contributed by atoms with Gasteiger partial charge < -0.3 is 9.13 Å². The molecule has 0 spiro atoms. The van der Waals surface area contributed by atoms with Gasteiger partial charge in [-0.15, -0.1) is 11.3 Å². The van der Waals surface area contributed by atoms with E-state index in [1.807, 2.05) is 11.3 Å². The predicted molar refractivity (Wildman–Crippen MR) is 193 cm³/mol. The summed E-state index contributed by atoms with van der Waals surface area (Å²) in [5.74, 6) is 0. The molecule has 9 aromatic rings. The van der Waals surface area contributed by atoms with Gasteiger partial charge in [-0.2, -0.15) is 0 Å². The summed E-state index contributed by atoms with van der Waals surface area (Å²) in [6, 6.07) is 48.9. The fourth-order valence-corrected chi connectivity index (χ4v) is 8.89. The molecule has 0 saturated heterocycles. The lowest BCUT2D eigenvalue weighted by atomic mass is 9.99. The van der Waals surface area contributed by atoms with E-state index in [0.717, 1.165) is 12.8 Å². The molecule has 10 rings (SSSR count). The molecule has 212 valence electrons. The lowest BCUT2D eigenvalue weighted by Crippen LogP contribution is -2.03. The monoisotopic (exact) mass is 592 g/mol. The number of fused-ring (bicyclic) bond motifs is 10. The number of thiophene rings is 1. The van der Waals surface area contributed by atoms with Crippen LogP contribution >= 0.6 is 11.3 Å². The van der Waals surface area contributed by atoms with Gasteiger partial charge in [-0.3, -0.25) is 0 Å². The molecule has 0 N–H and O–H groups in total. The van der Waals surface area contributed by atoms with E-state index < -0.39 is 0 Å². The molecular weight excluding hydrogens is 565 g/mol. The molecule has 0 aliphatic heterocycles. The van der Waals surface area contributed by atoms with Crippen molar-refractivity contribution in [3.05, 3.63) is 151 Å². The highest BCUT2D eigenvalue weighted by Crippen LogP contribution is 2.45. The molecule has 3 heterocycles. The van der Waals surface area contributed by atoms with Crippen molar-refractivity contribution in [2.45, 2.75) is 12.8 Å². The number of nitrogens with zero attached hydrogens (tertiary/aromatic N) is 2. The summed E-state index contributed by atoms with van der Waals surface area (Å²) < 4.78 is 7.73. The molecule has 3 heteroatoms. The third-order valence-corrected chi connectivity index (χ3v) is 10.8. The van der Waals surface area contributed by atoms with Gasteiger partial charge in [0.05, 0.1) is 26.9 Å². The standard InChI is InChI=1S/C42H28N2S/c1-2-12-27(13-3-1)28-14-10-15-29(26-28)43-34-20-7-4-17-32(34)40-36(43)24-25-37-41(40)33-18-5-8-21-35(33)44(37)38-22-11-19-31-30-16-6-9-23-39(30)45-42(31)38/h1-7,9-20,22-26H,8,21H2. The smallest absolute Gasteiger partial charge is 0.0637 e. The van der Waals surface area contributed by atoms with Gasteiger partial charge in [0.1, 0.15) is 0 Å². The van der Waals surface area contributed by atoms with Crippen LogP contribution in [0.25, 0.3) is 81.5 Å². The molecule has 0 unspecified atom stereocenters.